The predicted octanol–water partition coefficient (Wildman–Crippen LogP) is 1.67. The maximum absolute atomic E-state index is 11.9. The van der Waals surface area contributed by atoms with Gasteiger partial charge in [0.1, 0.15) is 0 Å². The quantitative estimate of drug-likeness (QED) is 0.781. The largest absolute Gasteiger partial charge is 0.481 e. The molecule has 2 atom stereocenters. The minimum atomic E-state index is -0.839. The van der Waals surface area contributed by atoms with Crippen molar-refractivity contribution in [2.45, 2.75) is 45.2 Å². The third kappa shape index (κ3) is 3.49. The number of amides is 2. The van der Waals surface area contributed by atoms with Crippen molar-refractivity contribution in [3.8, 4) is 0 Å². The average molecular weight is 280 g/mol. The molecule has 0 aliphatic heterocycles. The molecule has 0 saturated heterocycles. The van der Waals surface area contributed by atoms with Gasteiger partial charge in [0, 0.05) is 18.8 Å². The first-order valence-corrected chi connectivity index (χ1v) is 6.93. The molecule has 0 radical (unpaired) electrons. The number of carboxylic acids is 1. The molecule has 1 aliphatic carbocycles. The van der Waals surface area contributed by atoms with Gasteiger partial charge in [-0.2, -0.15) is 5.10 Å². The number of carboxylic acid groups (broad SMARTS) is 1. The molecular weight excluding hydrogens is 260 g/mol. The zero-order valence-corrected chi connectivity index (χ0v) is 11.5. The van der Waals surface area contributed by atoms with Crippen LogP contribution in [0.25, 0.3) is 0 Å². The Morgan fingerprint density at radius 1 is 1.45 bits per heavy atom. The van der Waals surface area contributed by atoms with Crippen LogP contribution in [0.3, 0.4) is 0 Å². The summed E-state index contributed by atoms with van der Waals surface area (Å²) in [5.41, 5.74) is 0.604. The van der Waals surface area contributed by atoms with Gasteiger partial charge in [0.15, 0.2) is 0 Å². The van der Waals surface area contributed by atoms with Crippen LogP contribution in [0.2, 0.25) is 0 Å². The molecule has 2 unspecified atom stereocenters. The Morgan fingerprint density at radius 2 is 2.20 bits per heavy atom. The highest BCUT2D eigenvalue weighted by Gasteiger charge is 2.31. The Labute approximate surface area is 117 Å². The summed E-state index contributed by atoms with van der Waals surface area (Å²) >= 11 is 0. The van der Waals surface area contributed by atoms with Crippen LogP contribution in [0, 0.1) is 5.92 Å². The maximum atomic E-state index is 11.9. The van der Waals surface area contributed by atoms with E-state index in [1.165, 1.54) is 0 Å². The van der Waals surface area contributed by atoms with Gasteiger partial charge in [-0.1, -0.05) is 12.8 Å². The molecule has 20 heavy (non-hydrogen) atoms. The van der Waals surface area contributed by atoms with E-state index in [4.69, 9.17) is 5.11 Å². The van der Waals surface area contributed by atoms with E-state index in [9.17, 15) is 9.59 Å². The molecule has 1 heterocycles. The van der Waals surface area contributed by atoms with Crippen molar-refractivity contribution in [3.05, 3.63) is 12.4 Å². The van der Waals surface area contributed by atoms with Crippen molar-refractivity contribution in [1.82, 2.24) is 15.1 Å². The molecule has 1 saturated carbocycles. The van der Waals surface area contributed by atoms with E-state index in [1.54, 1.807) is 17.1 Å². The van der Waals surface area contributed by atoms with Gasteiger partial charge in [-0.05, 0) is 19.8 Å². The summed E-state index contributed by atoms with van der Waals surface area (Å²) in [6, 6.07) is -0.679. The standard InChI is InChI=1S/C13H20N4O3/c1-2-17-8-9(7-14-17)15-13(20)16-11-6-4-3-5-10(11)12(18)19/h7-8,10-11H,2-6H2,1H3,(H,18,19)(H2,15,16,20). The van der Waals surface area contributed by atoms with Crippen LogP contribution < -0.4 is 10.6 Å². The lowest BCUT2D eigenvalue weighted by molar-refractivity contribution is -0.143. The lowest BCUT2D eigenvalue weighted by Gasteiger charge is -2.29. The number of hydrogen-bond donors (Lipinski definition) is 3. The molecule has 0 spiro atoms. The van der Waals surface area contributed by atoms with Crippen LogP contribution in [0.4, 0.5) is 10.5 Å². The Kier molecular flexibility index (Phi) is 4.60. The van der Waals surface area contributed by atoms with Gasteiger partial charge in [-0.3, -0.25) is 9.48 Å². The molecule has 1 fully saturated rings. The van der Waals surface area contributed by atoms with Gasteiger partial charge >= 0.3 is 12.0 Å². The van der Waals surface area contributed by atoms with E-state index in [-0.39, 0.29) is 12.1 Å². The van der Waals surface area contributed by atoms with Gasteiger partial charge in [0.25, 0.3) is 0 Å². The zero-order chi connectivity index (χ0) is 14.5. The van der Waals surface area contributed by atoms with Crippen LogP contribution in [0.5, 0.6) is 0 Å². The number of carbonyl (C=O) groups is 2. The molecule has 1 aliphatic rings. The first kappa shape index (κ1) is 14.4. The van der Waals surface area contributed by atoms with E-state index in [2.05, 4.69) is 15.7 Å². The molecule has 1 aromatic heterocycles. The van der Waals surface area contributed by atoms with Crippen molar-refractivity contribution in [2.24, 2.45) is 5.92 Å². The maximum Gasteiger partial charge on any atom is 0.319 e. The van der Waals surface area contributed by atoms with Gasteiger partial charge in [-0.15, -0.1) is 0 Å². The van der Waals surface area contributed by atoms with Gasteiger partial charge in [-0.25, -0.2) is 4.79 Å². The fourth-order valence-electron chi connectivity index (χ4n) is 2.54. The molecule has 3 N–H and O–H groups in total. The van der Waals surface area contributed by atoms with Crippen molar-refractivity contribution in [1.29, 1.82) is 0 Å². The number of carbonyl (C=O) groups excluding carboxylic acids is 1. The first-order chi connectivity index (χ1) is 9.60. The van der Waals surface area contributed by atoms with Crippen LogP contribution in [-0.2, 0) is 11.3 Å². The summed E-state index contributed by atoms with van der Waals surface area (Å²) in [7, 11) is 0. The van der Waals surface area contributed by atoms with Crippen LogP contribution in [-0.4, -0.2) is 32.9 Å². The van der Waals surface area contributed by atoms with Gasteiger partial charge < -0.3 is 15.7 Å². The Bertz CT molecular complexity index is 486. The lowest BCUT2D eigenvalue weighted by atomic mass is 9.84. The summed E-state index contributed by atoms with van der Waals surface area (Å²) in [6.45, 7) is 2.68. The minimum Gasteiger partial charge on any atom is -0.481 e. The van der Waals surface area contributed by atoms with E-state index in [0.717, 1.165) is 19.4 Å². The van der Waals surface area contributed by atoms with Gasteiger partial charge in [0.2, 0.25) is 0 Å². The van der Waals surface area contributed by atoms with Crippen LogP contribution in [0.15, 0.2) is 12.4 Å². The first-order valence-electron chi connectivity index (χ1n) is 6.93. The predicted molar refractivity (Wildman–Crippen MR) is 73.4 cm³/mol. The number of aliphatic carboxylic acids is 1. The van der Waals surface area contributed by atoms with E-state index in [1.807, 2.05) is 6.92 Å². The number of hydrogen-bond acceptors (Lipinski definition) is 3. The van der Waals surface area contributed by atoms with E-state index < -0.39 is 11.9 Å². The SMILES string of the molecule is CCn1cc(NC(=O)NC2CCCCC2C(=O)O)cn1. The molecular formula is C13H20N4O3. The van der Waals surface area contributed by atoms with Crippen LogP contribution >= 0.6 is 0 Å². The molecule has 7 nitrogen and oxygen atoms in total. The van der Waals surface area contributed by atoms with Crippen LogP contribution in [0.1, 0.15) is 32.6 Å². The number of nitrogens with zero attached hydrogens (tertiary/aromatic N) is 2. The van der Waals surface area contributed by atoms with E-state index >= 15 is 0 Å². The summed E-state index contributed by atoms with van der Waals surface area (Å²) in [5.74, 6) is -1.33. The molecule has 0 aromatic carbocycles. The Balaban J connectivity index is 1.91. The topological polar surface area (TPSA) is 96.2 Å². The minimum absolute atomic E-state index is 0.303. The fraction of sp³-hybridized carbons (Fsp3) is 0.615. The Hall–Kier alpha value is -2.05. The molecule has 2 amide bonds. The summed E-state index contributed by atoms with van der Waals surface area (Å²) in [6.07, 6.45) is 6.48. The molecule has 2 rings (SSSR count). The third-order valence-corrected chi connectivity index (χ3v) is 3.61. The summed E-state index contributed by atoms with van der Waals surface area (Å²) in [4.78, 5) is 23.1. The fourth-order valence-corrected chi connectivity index (χ4v) is 2.54. The van der Waals surface area contributed by atoms with Crippen molar-refractivity contribution in [2.75, 3.05) is 5.32 Å². The highest BCUT2D eigenvalue weighted by atomic mass is 16.4. The molecule has 7 heteroatoms. The second-order valence-electron chi connectivity index (χ2n) is 5.02. The third-order valence-electron chi connectivity index (χ3n) is 3.61. The smallest absolute Gasteiger partial charge is 0.319 e. The monoisotopic (exact) mass is 280 g/mol. The average Bonchev–Trinajstić information content (AvgIpc) is 2.86. The van der Waals surface area contributed by atoms with Crippen molar-refractivity contribution < 1.29 is 14.7 Å². The molecule has 110 valence electrons. The number of aryl methyl sites for hydroxylation is 1. The van der Waals surface area contributed by atoms with Crippen molar-refractivity contribution in [3.63, 3.8) is 0 Å². The lowest BCUT2D eigenvalue weighted by Crippen LogP contribution is -2.46. The Morgan fingerprint density at radius 3 is 2.85 bits per heavy atom. The highest BCUT2D eigenvalue weighted by molar-refractivity contribution is 5.89. The van der Waals surface area contributed by atoms with Gasteiger partial charge in [0.05, 0.1) is 17.8 Å². The number of aromatic nitrogens is 2. The summed E-state index contributed by atoms with van der Waals surface area (Å²) < 4.78 is 1.70. The second kappa shape index (κ2) is 6.40. The van der Waals surface area contributed by atoms with Crippen molar-refractivity contribution >= 4 is 17.7 Å². The number of rotatable bonds is 4. The normalized spacial score (nSPS) is 22.2. The number of urea groups is 1. The van der Waals surface area contributed by atoms with E-state index in [0.29, 0.717) is 18.5 Å². The zero-order valence-electron chi connectivity index (χ0n) is 11.5. The molecule has 1 aromatic rings. The number of nitrogens with one attached hydrogen (secondary N) is 2. The second-order valence-corrected chi connectivity index (χ2v) is 5.02. The molecule has 0 bridgehead atoms. The number of anilines is 1. The highest BCUT2D eigenvalue weighted by Crippen LogP contribution is 2.24. The summed E-state index contributed by atoms with van der Waals surface area (Å²) in [5, 5.41) is 18.7.